The Balaban J connectivity index is 1.86. The van der Waals surface area contributed by atoms with Crippen molar-refractivity contribution in [1.82, 2.24) is 9.29 Å². The van der Waals surface area contributed by atoms with Crippen LogP contribution in [0.1, 0.15) is 37.0 Å². The van der Waals surface area contributed by atoms with Gasteiger partial charge in [0.15, 0.2) is 0 Å². The zero-order valence-corrected chi connectivity index (χ0v) is 17.4. The molecule has 1 aromatic carbocycles. The Labute approximate surface area is 170 Å². The molecule has 2 aromatic rings. The third-order valence-corrected chi connectivity index (χ3v) is 6.39. The highest BCUT2D eigenvalue weighted by Crippen LogP contribution is 2.32. The lowest BCUT2D eigenvalue weighted by atomic mass is 10.2. The number of pyridine rings is 1. The van der Waals surface area contributed by atoms with E-state index in [1.807, 2.05) is 6.92 Å². The molecular weight excluding hydrogens is 394 g/mol. The van der Waals surface area contributed by atoms with Crippen molar-refractivity contribution in [3.8, 4) is 5.75 Å². The normalized spacial score (nSPS) is 14.6. The molecule has 156 valence electrons. The Hall–Kier alpha value is -2.65. The van der Waals surface area contributed by atoms with Crippen molar-refractivity contribution < 1.29 is 22.7 Å². The lowest BCUT2D eigenvalue weighted by Gasteiger charge is -2.19. The number of nitrogens with one attached hydrogen (secondary N) is 1. The average molecular weight is 420 g/mol. The summed E-state index contributed by atoms with van der Waals surface area (Å²) >= 11 is 0. The van der Waals surface area contributed by atoms with Crippen LogP contribution in [-0.4, -0.2) is 50.0 Å². The molecule has 1 aliphatic heterocycles. The Bertz CT molecular complexity index is 955. The van der Waals surface area contributed by atoms with E-state index in [2.05, 4.69) is 10.3 Å². The van der Waals surface area contributed by atoms with Crippen LogP contribution < -0.4 is 10.1 Å². The maximum Gasteiger partial charge on any atom is 0.339 e. The van der Waals surface area contributed by atoms with Crippen LogP contribution in [0, 0.1) is 0 Å². The molecule has 0 bridgehead atoms. The summed E-state index contributed by atoms with van der Waals surface area (Å²) < 4.78 is 38.1. The maximum absolute atomic E-state index is 13.1. The lowest BCUT2D eigenvalue weighted by molar-refractivity contribution is 0.0526. The molecule has 0 atom stereocenters. The van der Waals surface area contributed by atoms with Crippen molar-refractivity contribution in [3.63, 3.8) is 0 Å². The van der Waals surface area contributed by atoms with Gasteiger partial charge in [0, 0.05) is 25.0 Å². The highest BCUT2D eigenvalue weighted by atomic mass is 32.2. The summed E-state index contributed by atoms with van der Waals surface area (Å²) in [5, 5.41) is 3.07. The minimum absolute atomic E-state index is 0.134. The second-order valence-corrected chi connectivity index (χ2v) is 8.39. The van der Waals surface area contributed by atoms with Crippen LogP contribution >= 0.6 is 0 Å². The Morgan fingerprint density at radius 3 is 2.52 bits per heavy atom. The molecule has 2 heterocycles. The van der Waals surface area contributed by atoms with Gasteiger partial charge in [-0.15, -0.1) is 0 Å². The van der Waals surface area contributed by atoms with Crippen LogP contribution in [0.3, 0.4) is 0 Å². The van der Waals surface area contributed by atoms with Crippen molar-refractivity contribution in [1.29, 1.82) is 0 Å². The molecule has 8 nitrogen and oxygen atoms in total. The first-order valence-corrected chi connectivity index (χ1v) is 11.1. The second kappa shape index (κ2) is 9.23. The molecule has 1 fully saturated rings. The molecule has 0 spiro atoms. The quantitative estimate of drug-likeness (QED) is 0.656. The number of benzene rings is 1. The van der Waals surface area contributed by atoms with E-state index in [4.69, 9.17) is 9.47 Å². The third-order valence-electron chi connectivity index (χ3n) is 4.47. The third kappa shape index (κ3) is 4.86. The molecule has 1 saturated heterocycles. The van der Waals surface area contributed by atoms with E-state index in [0.29, 0.717) is 49.1 Å². The van der Waals surface area contributed by atoms with Crippen molar-refractivity contribution in [3.05, 3.63) is 42.1 Å². The average Bonchev–Trinajstić information content (AvgIpc) is 3.26. The van der Waals surface area contributed by atoms with Gasteiger partial charge in [-0.1, -0.05) is 0 Å². The number of rotatable bonds is 8. The Kier molecular flexibility index (Phi) is 6.71. The van der Waals surface area contributed by atoms with Crippen LogP contribution in [0.15, 0.2) is 41.4 Å². The van der Waals surface area contributed by atoms with E-state index in [1.165, 1.54) is 10.5 Å². The van der Waals surface area contributed by atoms with Gasteiger partial charge in [0.1, 0.15) is 16.5 Å². The number of hydrogen-bond donors (Lipinski definition) is 1. The van der Waals surface area contributed by atoms with Crippen LogP contribution in [0.25, 0.3) is 0 Å². The van der Waals surface area contributed by atoms with E-state index in [1.54, 1.807) is 37.3 Å². The predicted octanol–water partition coefficient (Wildman–Crippen LogP) is 3.19. The standard InChI is InChI=1S/C20H25N3O5S/c1-3-27-17-9-8-16(13-18(17)29(25,26)23-11-5-6-12-23)22-19-10-7-15(14-21-19)20(24)28-4-2/h7-10,13-14H,3-6,11-12H2,1-2H3,(H,21,22). The first kappa shape index (κ1) is 21.1. The number of aromatic nitrogens is 1. The second-order valence-electron chi connectivity index (χ2n) is 6.48. The smallest absolute Gasteiger partial charge is 0.339 e. The molecule has 0 saturated carbocycles. The summed E-state index contributed by atoms with van der Waals surface area (Å²) in [7, 11) is -3.64. The van der Waals surface area contributed by atoms with Gasteiger partial charge >= 0.3 is 5.97 Å². The lowest BCUT2D eigenvalue weighted by Crippen LogP contribution is -2.28. The largest absolute Gasteiger partial charge is 0.492 e. The van der Waals surface area contributed by atoms with E-state index in [9.17, 15) is 13.2 Å². The fourth-order valence-electron chi connectivity index (χ4n) is 3.08. The molecule has 0 amide bonds. The highest BCUT2D eigenvalue weighted by Gasteiger charge is 2.30. The number of nitrogens with zero attached hydrogens (tertiary/aromatic N) is 2. The summed E-state index contributed by atoms with van der Waals surface area (Å²) in [5.74, 6) is 0.369. The van der Waals surface area contributed by atoms with Gasteiger partial charge in [0.05, 0.1) is 18.8 Å². The van der Waals surface area contributed by atoms with Crippen LogP contribution in [0.5, 0.6) is 5.75 Å². The number of ether oxygens (including phenoxy) is 2. The first-order chi connectivity index (χ1) is 14.0. The molecule has 1 aliphatic rings. The fraction of sp³-hybridized carbons (Fsp3) is 0.400. The van der Waals surface area contributed by atoms with Crippen molar-refractivity contribution in [2.75, 3.05) is 31.6 Å². The minimum atomic E-state index is -3.64. The van der Waals surface area contributed by atoms with E-state index in [-0.39, 0.29) is 4.90 Å². The minimum Gasteiger partial charge on any atom is -0.492 e. The van der Waals surface area contributed by atoms with Crippen molar-refractivity contribution in [2.45, 2.75) is 31.6 Å². The molecule has 9 heteroatoms. The summed E-state index contributed by atoms with van der Waals surface area (Å²) in [6.07, 6.45) is 3.13. The summed E-state index contributed by atoms with van der Waals surface area (Å²) in [5.41, 5.74) is 0.906. The molecule has 0 unspecified atom stereocenters. The first-order valence-electron chi connectivity index (χ1n) is 9.63. The predicted molar refractivity (Wildman–Crippen MR) is 109 cm³/mol. The number of carbonyl (C=O) groups excluding carboxylic acids is 1. The van der Waals surface area contributed by atoms with Crippen LogP contribution in [-0.2, 0) is 14.8 Å². The molecule has 0 radical (unpaired) electrons. The number of carbonyl (C=O) groups is 1. The van der Waals surface area contributed by atoms with E-state index < -0.39 is 16.0 Å². The van der Waals surface area contributed by atoms with Gasteiger partial charge in [0.25, 0.3) is 0 Å². The Morgan fingerprint density at radius 2 is 1.90 bits per heavy atom. The molecular formula is C20H25N3O5S. The van der Waals surface area contributed by atoms with Gasteiger partial charge in [0.2, 0.25) is 10.0 Å². The van der Waals surface area contributed by atoms with E-state index in [0.717, 1.165) is 12.8 Å². The Morgan fingerprint density at radius 1 is 1.14 bits per heavy atom. The van der Waals surface area contributed by atoms with Crippen molar-refractivity contribution >= 4 is 27.5 Å². The fourth-order valence-corrected chi connectivity index (χ4v) is 4.75. The van der Waals surface area contributed by atoms with Crippen LogP contribution in [0.2, 0.25) is 0 Å². The molecule has 0 aliphatic carbocycles. The highest BCUT2D eigenvalue weighted by molar-refractivity contribution is 7.89. The van der Waals surface area contributed by atoms with Crippen molar-refractivity contribution in [2.24, 2.45) is 0 Å². The number of hydrogen-bond acceptors (Lipinski definition) is 7. The summed E-state index contributed by atoms with van der Waals surface area (Å²) in [6.45, 7) is 5.24. The van der Waals surface area contributed by atoms with Gasteiger partial charge in [-0.3, -0.25) is 0 Å². The summed E-state index contributed by atoms with van der Waals surface area (Å²) in [4.78, 5) is 16.1. The molecule has 1 N–H and O–H groups in total. The summed E-state index contributed by atoms with van der Waals surface area (Å²) in [6, 6.07) is 8.16. The van der Waals surface area contributed by atoms with Gasteiger partial charge in [-0.25, -0.2) is 18.2 Å². The van der Waals surface area contributed by atoms with Gasteiger partial charge in [-0.2, -0.15) is 4.31 Å². The molecule has 1 aromatic heterocycles. The zero-order chi connectivity index (χ0) is 20.9. The topological polar surface area (TPSA) is 97.8 Å². The number of anilines is 2. The number of sulfonamides is 1. The SMILES string of the molecule is CCOC(=O)c1ccc(Nc2ccc(OCC)c(S(=O)(=O)N3CCCC3)c2)nc1. The molecule has 3 rings (SSSR count). The van der Waals surface area contributed by atoms with E-state index >= 15 is 0 Å². The van der Waals surface area contributed by atoms with Gasteiger partial charge < -0.3 is 14.8 Å². The van der Waals surface area contributed by atoms with Gasteiger partial charge in [-0.05, 0) is 57.0 Å². The van der Waals surface area contributed by atoms with Crippen LogP contribution in [0.4, 0.5) is 11.5 Å². The molecule has 29 heavy (non-hydrogen) atoms. The monoisotopic (exact) mass is 419 g/mol. The number of esters is 1. The maximum atomic E-state index is 13.1. The zero-order valence-electron chi connectivity index (χ0n) is 16.6.